The highest BCUT2D eigenvalue weighted by molar-refractivity contribution is 5.72. The first-order valence-electron chi connectivity index (χ1n) is 6.41. The van der Waals surface area contributed by atoms with Crippen molar-refractivity contribution in [2.45, 2.75) is 32.7 Å². The fraction of sp³-hybridized carbons (Fsp3) is 0.917. The van der Waals surface area contributed by atoms with Crippen LogP contribution < -0.4 is 11.1 Å². The number of hydrogen-bond donors (Lipinski definition) is 3. The maximum absolute atomic E-state index is 11.2. The molecule has 0 aromatic rings. The Kier molecular flexibility index (Phi) is 5.71. The lowest BCUT2D eigenvalue weighted by atomic mass is 9.91. The van der Waals surface area contributed by atoms with Gasteiger partial charge in [-0.1, -0.05) is 13.8 Å². The molecular formula is C12H25N3O2. The van der Waals surface area contributed by atoms with E-state index in [-0.39, 0.29) is 12.6 Å². The highest BCUT2D eigenvalue weighted by atomic mass is 16.3. The van der Waals surface area contributed by atoms with E-state index in [2.05, 4.69) is 19.2 Å². The number of nitrogens with two attached hydrogens (primary N) is 1. The minimum atomic E-state index is -0.357. The molecule has 4 N–H and O–H groups in total. The topological polar surface area (TPSA) is 78.6 Å². The third-order valence-electron chi connectivity index (χ3n) is 3.20. The highest BCUT2D eigenvalue weighted by Crippen LogP contribution is 2.19. The molecule has 1 rings (SSSR count). The summed E-state index contributed by atoms with van der Waals surface area (Å²) < 4.78 is 0. The fourth-order valence-electron chi connectivity index (χ4n) is 2.33. The molecule has 0 aliphatic carbocycles. The minimum absolute atomic E-state index is 0.175. The van der Waals surface area contributed by atoms with Crippen LogP contribution in [0.4, 0.5) is 4.79 Å². The molecule has 1 aliphatic rings. The molecule has 17 heavy (non-hydrogen) atoms. The predicted molar refractivity (Wildman–Crippen MR) is 67.6 cm³/mol. The van der Waals surface area contributed by atoms with Crippen molar-refractivity contribution in [3.8, 4) is 0 Å². The van der Waals surface area contributed by atoms with Crippen LogP contribution in [0.5, 0.6) is 0 Å². The molecule has 2 atom stereocenters. The van der Waals surface area contributed by atoms with Gasteiger partial charge in [-0.15, -0.1) is 0 Å². The number of likely N-dealkylation sites (tertiary alicyclic amines) is 1. The number of piperidine rings is 1. The zero-order valence-electron chi connectivity index (χ0n) is 10.9. The van der Waals surface area contributed by atoms with Crippen LogP contribution in [0.25, 0.3) is 0 Å². The molecule has 1 aliphatic heterocycles. The second kappa shape index (κ2) is 6.81. The van der Waals surface area contributed by atoms with Crippen molar-refractivity contribution in [1.82, 2.24) is 10.2 Å². The van der Waals surface area contributed by atoms with Crippen molar-refractivity contribution in [2.75, 3.05) is 26.2 Å². The SMILES string of the molecule is CC(C)CNC1CC(CCO)CN(C(N)=O)C1. The first kappa shape index (κ1) is 14.3. The second-order valence-electron chi connectivity index (χ2n) is 5.36. The summed E-state index contributed by atoms with van der Waals surface area (Å²) in [6.45, 7) is 6.80. The van der Waals surface area contributed by atoms with Gasteiger partial charge >= 0.3 is 6.03 Å². The molecular weight excluding hydrogens is 218 g/mol. The lowest BCUT2D eigenvalue weighted by molar-refractivity contribution is 0.135. The van der Waals surface area contributed by atoms with Crippen LogP contribution in [0.2, 0.25) is 0 Å². The van der Waals surface area contributed by atoms with Crippen LogP contribution in [0.15, 0.2) is 0 Å². The van der Waals surface area contributed by atoms with Crippen molar-refractivity contribution in [3.05, 3.63) is 0 Å². The van der Waals surface area contributed by atoms with Gasteiger partial charge in [0, 0.05) is 25.7 Å². The van der Waals surface area contributed by atoms with E-state index in [1.807, 2.05) is 0 Å². The van der Waals surface area contributed by atoms with Gasteiger partial charge in [0.25, 0.3) is 0 Å². The Hall–Kier alpha value is -0.810. The zero-order valence-corrected chi connectivity index (χ0v) is 10.9. The molecule has 0 radical (unpaired) electrons. The maximum Gasteiger partial charge on any atom is 0.314 e. The summed E-state index contributed by atoms with van der Waals surface area (Å²) >= 11 is 0. The third-order valence-corrected chi connectivity index (χ3v) is 3.20. The first-order chi connectivity index (χ1) is 8.02. The standard InChI is InChI=1S/C12H25N3O2/c1-9(2)6-14-11-5-10(3-4-16)7-15(8-11)12(13)17/h9-11,14,16H,3-8H2,1-2H3,(H2,13,17). The molecule has 0 aromatic heterocycles. The smallest absolute Gasteiger partial charge is 0.314 e. The number of amides is 2. The maximum atomic E-state index is 11.2. The van der Waals surface area contributed by atoms with Gasteiger partial charge in [0.05, 0.1) is 0 Å². The number of carbonyl (C=O) groups is 1. The molecule has 1 heterocycles. The molecule has 2 amide bonds. The Labute approximate surface area is 103 Å². The lowest BCUT2D eigenvalue weighted by Gasteiger charge is -2.37. The zero-order chi connectivity index (χ0) is 12.8. The van der Waals surface area contributed by atoms with Gasteiger partial charge < -0.3 is 21.1 Å². The van der Waals surface area contributed by atoms with E-state index in [0.29, 0.717) is 31.0 Å². The van der Waals surface area contributed by atoms with Crippen LogP contribution >= 0.6 is 0 Å². The number of aliphatic hydroxyl groups is 1. The minimum Gasteiger partial charge on any atom is -0.396 e. The van der Waals surface area contributed by atoms with E-state index >= 15 is 0 Å². The summed E-state index contributed by atoms with van der Waals surface area (Å²) in [5.74, 6) is 0.946. The number of aliphatic hydroxyl groups excluding tert-OH is 1. The van der Waals surface area contributed by atoms with E-state index in [1.54, 1.807) is 4.90 Å². The largest absolute Gasteiger partial charge is 0.396 e. The monoisotopic (exact) mass is 243 g/mol. The van der Waals surface area contributed by atoms with Gasteiger partial charge in [-0.05, 0) is 31.2 Å². The van der Waals surface area contributed by atoms with Crippen molar-refractivity contribution in [1.29, 1.82) is 0 Å². The Balaban J connectivity index is 2.49. The van der Waals surface area contributed by atoms with E-state index in [4.69, 9.17) is 10.8 Å². The van der Waals surface area contributed by atoms with Crippen LogP contribution in [-0.4, -0.2) is 48.3 Å². The predicted octanol–water partition coefficient (Wildman–Crippen LogP) is 0.384. The van der Waals surface area contributed by atoms with Crippen molar-refractivity contribution in [3.63, 3.8) is 0 Å². The second-order valence-corrected chi connectivity index (χ2v) is 5.36. The van der Waals surface area contributed by atoms with Gasteiger partial charge in [0.15, 0.2) is 0 Å². The Morgan fingerprint density at radius 2 is 2.24 bits per heavy atom. The summed E-state index contributed by atoms with van der Waals surface area (Å²) in [6.07, 6.45) is 1.75. The number of hydrogen-bond acceptors (Lipinski definition) is 3. The van der Waals surface area contributed by atoms with Gasteiger partial charge in [0.1, 0.15) is 0 Å². The van der Waals surface area contributed by atoms with Crippen LogP contribution in [0, 0.1) is 11.8 Å². The fourth-order valence-corrected chi connectivity index (χ4v) is 2.33. The van der Waals surface area contributed by atoms with E-state index in [0.717, 1.165) is 19.4 Å². The molecule has 0 saturated carbocycles. The van der Waals surface area contributed by atoms with Crippen molar-refractivity contribution < 1.29 is 9.90 Å². The quantitative estimate of drug-likeness (QED) is 0.653. The Bertz CT molecular complexity index is 246. The van der Waals surface area contributed by atoms with E-state index < -0.39 is 0 Å². The van der Waals surface area contributed by atoms with Crippen molar-refractivity contribution in [2.24, 2.45) is 17.6 Å². The van der Waals surface area contributed by atoms with Gasteiger partial charge in [0.2, 0.25) is 0 Å². The first-order valence-corrected chi connectivity index (χ1v) is 6.41. The summed E-state index contributed by atoms with van der Waals surface area (Å²) in [5, 5.41) is 12.5. The average molecular weight is 243 g/mol. The summed E-state index contributed by atoms with van der Waals surface area (Å²) in [4.78, 5) is 12.9. The number of rotatable bonds is 5. The van der Waals surface area contributed by atoms with Gasteiger partial charge in [-0.3, -0.25) is 0 Å². The van der Waals surface area contributed by atoms with Gasteiger partial charge in [-0.25, -0.2) is 4.79 Å². The van der Waals surface area contributed by atoms with Crippen LogP contribution in [-0.2, 0) is 0 Å². The molecule has 5 nitrogen and oxygen atoms in total. The number of urea groups is 1. The molecule has 1 fully saturated rings. The molecule has 2 unspecified atom stereocenters. The summed E-state index contributed by atoms with van der Waals surface area (Å²) in [7, 11) is 0. The Morgan fingerprint density at radius 1 is 1.53 bits per heavy atom. The van der Waals surface area contributed by atoms with Crippen molar-refractivity contribution >= 4 is 6.03 Å². The van der Waals surface area contributed by atoms with E-state index in [1.165, 1.54) is 0 Å². The summed E-state index contributed by atoms with van der Waals surface area (Å²) in [5.41, 5.74) is 5.34. The normalized spacial score (nSPS) is 25.3. The number of nitrogens with zero attached hydrogens (tertiary/aromatic N) is 1. The lowest BCUT2D eigenvalue weighted by Crippen LogP contribution is -2.53. The molecule has 1 saturated heterocycles. The van der Waals surface area contributed by atoms with Crippen LogP contribution in [0.1, 0.15) is 26.7 Å². The summed E-state index contributed by atoms with van der Waals surface area (Å²) in [6, 6.07) is -0.0563. The number of carbonyl (C=O) groups excluding carboxylic acids is 1. The highest BCUT2D eigenvalue weighted by Gasteiger charge is 2.28. The van der Waals surface area contributed by atoms with E-state index in [9.17, 15) is 4.79 Å². The van der Waals surface area contributed by atoms with Gasteiger partial charge in [-0.2, -0.15) is 0 Å². The van der Waals surface area contributed by atoms with Crippen LogP contribution in [0.3, 0.4) is 0 Å². The Morgan fingerprint density at radius 3 is 2.76 bits per heavy atom. The molecule has 0 spiro atoms. The number of nitrogens with one attached hydrogen (secondary N) is 1. The average Bonchev–Trinajstić information content (AvgIpc) is 2.26. The third kappa shape index (κ3) is 4.91. The molecule has 0 bridgehead atoms. The number of primary amides is 1. The molecule has 100 valence electrons. The molecule has 5 heteroatoms. The molecule has 0 aromatic carbocycles.